The van der Waals surface area contributed by atoms with Crippen LogP contribution in [-0.4, -0.2) is 63.8 Å². The van der Waals surface area contributed by atoms with Crippen LogP contribution in [0.25, 0.3) is 5.69 Å². The molecule has 1 N–H and O–H groups in total. The number of benzene rings is 1. The fourth-order valence-corrected chi connectivity index (χ4v) is 3.40. The van der Waals surface area contributed by atoms with Crippen LogP contribution in [0.15, 0.2) is 60.1 Å². The molecule has 0 saturated carbocycles. The largest absolute Gasteiger partial charge is 0.352 e. The Hall–Kier alpha value is -2.40. The van der Waals surface area contributed by atoms with Gasteiger partial charge in [0.05, 0.1) is 11.9 Å². The van der Waals surface area contributed by atoms with Crippen molar-refractivity contribution >= 4 is 47.5 Å². The molecule has 1 aliphatic heterocycles. The van der Waals surface area contributed by atoms with Gasteiger partial charge in [0, 0.05) is 68.9 Å². The Morgan fingerprint density at radius 1 is 1.10 bits per heavy atom. The maximum Gasteiger partial charge on any atom is 0.225 e. The van der Waals surface area contributed by atoms with Crippen molar-refractivity contribution in [2.75, 3.05) is 38.1 Å². The molecule has 0 amide bonds. The van der Waals surface area contributed by atoms with E-state index < -0.39 is 0 Å². The predicted octanol–water partition coefficient (Wildman–Crippen LogP) is 2.83. The first kappa shape index (κ1) is 22.3. The van der Waals surface area contributed by atoms with E-state index in [-0.39, 0.29) is 24.0 Å². The lowest BCUT2D eigenvalue weighted by atomic mass is 10.3. The predicted molar refractivity (Wildman–Crippen MR) is 130 cm³/mol. The second-order valence-electron chi connectivity index (χ2n) is 6.69. The molecule has 0 unspecified atom stereocenters. The van der Waals surface area contributed by atoms with Crippen LogP contribution in [0.5, 0.6) is 0 Å². The maximum atomic E-state index is 5.96. The zero-order valence-electron chi connectivity index (χ0n) is 16.6. The van der Waals surface area contributed by atoms with E-state index in [0.717, 1.165) is 49.3 Å². The van der Waals surface area contributed by atoms with Gasteiger partial charge < -0.3 is 15.1 Å². The Balaban J connectivity index is 0.00000256. The molecule has 0 bridgehead atoms. The van der Waals surface area contributed by atoms with E-state index in [1.165, 1.54) is 0 Å². The third kappa shape index (κ3) is 5.39. The number of anilines is 1. The summed E-state index contributed by atoms with van der Waals surface area (Å²) >= 11 is 5.96. The number of hydrogen-bond donors (Lipinski definition) is 1. The highest BCUT2D eigenvalue weighted by Gasteiger charge is 2.21. The van der Waals surface area contributed by atoms with Crippen molar-refractivity contribution in [1.82, 2.24) is 30.0 Å². The van der Waals surface area contributed by atoms with E-state index >= 15 is 0 Å². The monoisotopic (exact) mass is 538 g/mol. The minimum atomic E-state index is 0. The molecular formula is C20H24ClIN8. The van der Waals surface area contributed by atoms with Gasteiger partial charge in [-0.15, -0.1) is 24.0 Å². The highest BCUT2D eigenvalue weighted by Crippen LogP contribution is 2.14. The number of rotatable bonds is 4. The average molecular weight is 539 g/mol. The fourth-order valence-electron chi connectivity index (χ4n) is 3.27. The number of aromatic nitrogens is 4. The molecule has 1 saturated heterocycles. The minimum Gasteiger partial charge on any atom is -0.352 e. The van der Waals surface area contributed by atoms with E-state index in [0.29, 0.717) is 11.6 Å². The van der Waals surface area contributed by atoms with Gasteiger partial charge in [0.1, 0.15) is 0 Å². The summed E-state index contributed by atoms with van der Waals surface area (Å²) in [6.45, 7) is 4.10. The van der Waals surface area contributed by atoms with Gasteiger partial charge >= 0.3 is 0 Å². The molecule has 30 heavy (non-hydrogen) atoms. The van der Waals surface area contributed by atoms with Crippen LogP contribution < -0.4 is 10.2 Å². The lowest BCUT2D eigenvalue weighted by Gasteiger charge is -2.36. The van der Waals surface area contributed by atoms with Crippen LogP contribution in [-0.2, 0) is 6.54 Å². The molecule has 10 heteroatoms. The number of hydrogen-bond acceptors (Lipinski definition) is 5. The van der Waals surface area contributed by atoms with E-state index in [1.807, 2.05) is 54.5 Å². The van der Waals surface area contributed by atoms with Gasteiger partial charge in [0.25, 0.3) is 0 Å². The van der Waals surface area contributed by atoms with Crippen molar-refractivity contribution in [2.24, 2.45) is 4.99 Å². The second kappa shape index (κ2) is 10.6. The van der Waals surface area contributed by atoms with Crippen molar-refractivity contribution in [1.29, 1.82) is 0 Å². The van der Waals surface area contributed by atoms with Crippen molar-refractivity contribution in [3.8, 4) is 5.69 Å². The van der Waals surface area contributed by atoms with Crippen LogP contribution in [0.4, 0.5) is 5.95 Å². The molecule has 1 aromatic carbocycles. The molecule has 158 valence electrons. The third-order valence-corrected chi connectivity index (χ3v) is 5.06. The molecule has 4 rings (SSSR count). The zero-order valence-corrected chi connectivity index (χ0v) is 19.7. The van der Waals surface area contributed by atoms with E-state index in [9.17, 15) is 0 Å². The Morgan fingerprint density at radius 2 is 1.80 bits per heavy atom. The van der Waals surface area contributed by atoms with Gasteiger partial charge in [-0.25, -0.2) is 14.6 Å². The lowest BCUT2D eigenvalue weighted by molar-refractivity contribution is 0.370. The Morgan fingerprint density at radius 3 is 2.47 bits per heavy atom. The number of guanidine groups is 1. The minimum absolute atomic E-state index is 0. The van der Waals surface area contributed by atoms with Gasteiger partial charge in [-0.3, -0.25) is 4.99 Å². The molecule has 1 fully saturated rings. The second-order valence-corrected chi connectivity index (χ2v) is 7.13. The summed E-state index contributed by atoms with van der Waals surface area (Å²) in [4.78, 5) is 17.6. The average Bonchev–Trinajstić information content (AvgIpc) is 3.25. The van der Waals surface area contributed by atoms with Crippen LogP contribution in [0, 0.1) is 0 Å². The van der Waals surface area contributed by atoms with Crippen molar-refractivity contribution in [2.45, 2.75) is 6.54 Å². The number of aliphatic imine (C=N–C) groups is 1. The van der Waals surface area contributed by atoms with Crippen LogP contribution >= 0.6 is 35.6 Å². The first-order valence-corrected chi connectivity index (χ1v) is 9.88. The first-order chi connectivity index (χ1) is 14.2. The summed E-state index contributed by atoms with van der Waals surface area (Å²) in [5.74, 6) is 1.67. The number of nitrogens with one attached hydrogen (secondary N) is 1. The van der Waals surface area contributed by atoms with Gasteiger partial charge in [-0.05, 0) is 30.3 Å². The number of piperazine rings is 1. The van der Waals surface area contributed by atoms with Crippen LogP contribution in [0.3, 0.4) is 0 Å². The number of nitrogens with zero attached hydrogens (tertiary/aromatic N) is 7. The molecule has 3 aromatic rings. The molecule has 2 aromatic heterocycles. The van der Waals surface area contributed by atoms with Crippen molar-refractivity contribution < 1.29 is 0 Å². The lowest BCUT2D eigenvalue weighted by Crippen LogP contribution is -2.52. The molecule has 0 aliphatic carbocycles. The fraction of sp³-hybridized carbons (Fsp3) is 0.300. The summed E-state index contributed by atoms with van der Waals surface area (Å²) in [5, 5.41) is 8.58. The van der Waals surface area contributed by atoms with Crippen molar-refractivity contribution in [3.05, 3.63) is 65.7 Å². The molecule has 1 aliphatic rings. The van der Waals surface area contributed by atoms with E-state index in [2.05, 4.69) is 35.2 Å². The molecule has 8 nitrogen and oxygen atoms in total. The highest BCUT2D eigenvalue weighted by molar-refractivity contribution is 14.0. The van der Waals surface area contributed by atoms with Gasteiger partial charge in [-0.2, -0.15) is 5.10 Å². The Kier molecular flexibility index (Phi) is 7.86. The zero-order chi connectivity index (χ0) is 20.1. The van der Waals surface area contributed by atoms with E-state index in [1.54, 1.807) is 12.4 Å². The number of halogens is 2. The van der Waals surface area contributed by atoms with E-state index in [4.69, 9.17) is 11.6 Å². The summed E-state index contributed by atoms with van der Waals surface area (Å²) in [6, 6.07) is 9.44. The molecule has 3 heterocycles. The Labute approximate surface area is 198 Å². The molecule has 0 spiro atoms. The summed E-state index contributed by atoms with van der Waals surface area (Å²) in [6.07, 6.45) is 7.42. The highest BCUT2D eigenvalue weighted by atomic mass is 127. The Bertz CT molecular complexity index is 952. The first-order valence-electron chi connectivity index (χ1n) is 9.50. The summed E-state index contributed by atoms with van der Waals surface area (Å²) < 4.78 is 1.84. The quantitative estimate of drug-likeness (QED) is 0.313. The third-order valence-electron chi connectivity index (χ3n) is 4.80. The normalized spacial score (nSPS) is 14.4. The van der Waals surface area contributed by atoms with Gasteiger partial charge in [0.2, 0.25) is 5.95 Å². The summed E-state index contributed by atoms with van der Waals surface area (Å²) in [5.41, 5.74) is 2.06. The smallest absolute Gasteiger partial charge is 0.225 e. The van der Waals surface area contributed by atoms with Crippen molar-refractivity contribution in [3.63, 3.8) is 0 Å². The SMILES string of the molecule is CN=C(NCc1cnn(-c2ccc(Cl)cc2)c1)N1CCN(c2ncccn2)CC1.I. The summed E-state index contributed by atoms with van der Waals surface area (Å²) in [7, 11) is 1.81. The van der Waals surface area contributed by atoms with Crippen LogP contribution in [0.1, 0.15) is 5.56 Å². The topological polar surface area (TPSA) is 74.5 Å². The molecular weight excluding hydrogens is 515 g/mol. The van der Waals surface area contributed by atoms with Gasteiger partial charge in [0.15, 0.2) is 5.96 Å². The standard InChI is InChI=1S/C20H23ClN8.HI/c1-22-19(27-9-11-28(12-10-27)20-23-7-2-8-24-20)25-13-16-14-26-29(15-16)18-5-3-17(21)4-6-18;/h2-8,14-15H,9-13H2,1H3,(H,22,25);1H. The van der Waals surface area contributed by atoms with Gasteiger partial charge in [-0.1, -0.05) is 11.6 Å². The maximum absolute atomic E-state index is 5.96. The van der Waals surface area contributed by atoms with Crippen LogP contribution in [0.2, 0.25) is 5.02 Å². The molecule has 0 atom stereocenters. The molecule has 0 radical (unpaired) electrons.